The van der Waals surface area contributed by atoms with Crippen molar-refractivity contribution in [3.05, 3.63) is 68.3 Å². The van der Waals surface area contributed by atoms with Gasteiger partial charge in [0.05, 0.1) is 5.56 Å². The van der Waals surface area contributed by atoms with E-state index >= 15 is 0 Å². The van der Waals surface area contributed by atoms with Crippen molar-refractivity contribution in [3.63, 3.8) is 0 Å². The van der Waals surface area contributed by atoms with E-state index in [4.69, 9.17) is 0 Å². The van der Waals surface area contributed by atoms with Crippen LogP contribution in [0.4, 0.5) is 17.6 Å². The van der Waals surface area contributed by atoms with Crippen molar-refractivity contribution in [2.24, 2.45) is 0 Å². The first-order chi connectivity index (χ1) is 8.91. The second kappa shape index (κ2) is 5.28. The number of rotatable bonds is 2. The number of hydrogen-bond acceptors (Lipinski definition) is 1. The largest absolute Gasteiger partial charge is 0.288 e. The van der Waals surface area contributed by atoms with Gasteiger partial charge in [0, 0.05) is 9.13 Å². The van der Waals surface area contributed by atoms with Gasteiger partial charge in [0.25, 0.3) is 0 Å². The van der Waals surface area contributed by atoms with Crippen molar-refractivity contribution >= 4 is 28.4 Å². The molecule has 6 heteroatoms. The zero-order chi connectivity index (χ0) is 14.2. The van der Waals surface area contributed by atoms with Crippen LogP contribution in [0.2, 0.25) is 0 Å². The summed E-state index contributed by atoms with van der Waals surface area (Å²) in [7, 11) is 0. The Morgan fingerprint density at radius 2 is 1.53 bits per heavy atom. The van der Waals surface area contributed by atoms with Crippen LogP contribution in [0.25, 0.3) is 0 Å². The van der Waals surface area contributed by atoms with Crippen LogP contribution < -0.4 is 0 Å². The Kier molecular flexibility index (Phi) is 3.88. The van der Waals surface area contributed by atoms with E-state index in [0.717, 1.165) is 18.2 Å². The van der Waals surface area contributed by atoms with Gasteiger partial charge in [-0.2, -0.15) is 0 Å². The average Bonchev–Trinajstić information content (AvgIpc) is 2.35. The summed E-state index contributed by atoms with van der Waals surface area (Å²) in [6.07, 6.45) is 0. The molecule has 2 rings (SSSR count). The molecule has 0 heterocycles. The highest BCUT2D eigenvalue weighted by Crippen LogP contribution is 2.22. The van der Waals surface area contributed by atoms with Gasteiger partial charge in [-0.25, -0.2) is 17.6 Å². The number of carbonyl (C=O) groups is 1. The molecule has 1 nitrogen and oxygen atoms in total. The van der Waals surface area contributed by atoms with Gasteiger partial charge >= 0.3 is 0 Å². The van der Waals surface area contributed by atoms with E-state index in [9.17, 15) is 22.4 Å². The van der Waals surface area contributed by atoms with Crippen LogP contribution >= 0.6 is 22.6 Å². The predicted octanol–water partition coefficient (Wildman–Crippen LogP) is 4.08. The topological polar surface area (TPSA) is 17.1 Å². The third kappa shape index (κ3) is 2.63. The van der Waals surface area contributed by atoms with Gasteiger partial charge in [-0.1, -0.05) is 0 Å². The van der Waals surface area contributed by atoms with Crippen molar-refractivity contribution in [1.82, 2.24) is 0 Å². The van der Waals surface area contributed by atoms with Crippen molar-refractivity contribution in [2.45, 2.75) is 0 Å². The molecule has 0 bridgehead atoms. The normalized spacial score (nSPS) is 10.6. The summed E-state index contributed by atoms with van der Waals surface area (Å²) < 4.78 is 52.5. The molecule has 98 valence electrons. The van der Waals surface area contributed by atoms with E-state index in [1.54, 1.807) is 22.6 Å². The Hall–Kier alpha value is -1.44. The number of carbonyl (C=O) groups excluding carboxylic acids is 1. The van der Waals surface area contributed by atoms with Crippen LogP contribution in [0.3, 0.4) is 0 Å². The van der Waals surface area contributed by atoms with Gasteiger partial charge in [0.15, 0.2) is 23.2 Å². The fourth-order valence-electron chi connectivity index (χ4n) is 1.52. The maximum absolute atomic E-state index is 13.5. The number of hydrogen-bond donors (Lipinski definition) is 0. The maximum atomic E-state index is 13.5. The quantitative estimate of drug-likeness (QED) is 0.332. The summed E-state index contributed by atoms with van der Waals surface area (Å²) in [5.41, 5.74) is -0.574. The second-order valence-electron chi connectivity index (χ2n) is 3.68. The summed E-state index contributed by atoms with van der Waals surface area (Å²) in [6, 6.07) is 4.82. The summed E-state index contributed by atoms with van der Waals surface area (Å²) in [4.78, 5) is 12.0. The van der Waals surface area contributed by atoms with Gasteiger partial charge in [0.2, 0.25) is 0 Å². The SMILES string of the molecule is O=C(c1ccc(F)cc1I)c1ccc(F)c(F)c1F. The molecule has 0 saturated heterocycles. The molecule has 0 radical (unpaired) electrons. The molecule has 19 heavy (non-hydrogen) atoms. The number of ketones is 1. The third-order valence-electron chi connectivity index (χ3n) is 2.46. The summed E-state index contributed by atoms with van der Waals surface area (Å²) in [5, 5.41) is 0. The fourth-order valence-corrected chi connectivity index (χ4v) is 2.24. The summed E-state index contributed by atoms with van der Waals surface area (Å²) in [5.74, 6) is -6.01. The minimum atomic E-state index is -1.71. The molecule has 0 aromatic heterocycles. The molecule has 0 amide bonds. The average molecular weight is 380 g/mol. The molecule has 0 atom stereocenters. The zero-order valence-corrected chi connectivity index (χ0v) is 11.3. The molecule has 0 aliphatic heterocycles. The molecule has 0 saturated carbocycles. The van der Waals surface area contributed by atoms with Crippen molar-refractivity contribution < 1.29 is 22.4 Å². The maximum Gasteiger partial charge on any atom is 0.197 e. The monoisotopic (exact) mass is 380 g/mol. The molecule has 2 aromatic carbocycles. The molecule has 0 N–H and O–H groups in total. The Bertz CT molecular complexity index is 670. The Labute approximate surface area is 119 Å². The van der Waals surface area contributed by atoms with E-state index in [-0.39, 0.29) is 9.13 Å². The smallest absolute Gasteiger partial charge is 0.197 e. The van der Waals surface area contributed by atoms with Crippen LogP contribution in [0.15, 0.2) is 30.3 Å². The lowest BCUT2D eigenvalue weighted by atomic mass is 10.0. The summed E-state index contributed by atoms with van der Waals surface area (Å²) in [6.45, 7) is 0. The lowest BCUT2D eigenvalue weighted by Gasteiger charge is -2.06. The van der Waals surface area contributed by atoms with E-state index in [1.165, 1.54) is 6.07 Å². The van der Waals surface area contributed by atoms with Crippen LogP contribution in [-0.4, -0.2) is 5.78 Å². The number of halogens is 5. The van der Waals surface area contributed by atoms with Gasteiger partial charge in [-0.15, -0.1) is 0 Å². The molecule has 0 aliphatic rings. The predicted molar refractivity (Wildman–Crippen MR) is 68.9 cm³/mol. The van der Waals surface area contributed by atoms with Crippen molar-refractivity contribution in [3.8, 4) is 0 Å². The zero-order valence-electron chi connectivity index (χ0n) is 9.18. The molecular weight excluding hydrogens is 375 g/mol. The lowest BCUT2D eigenvalue weighted by molar-refractivity contribution is 0.103. The van der Waals surface area contributed by atoms with Gasteiger partial charge in [-0.05, 0) is 52.9 Å². The lowest BCUT2D eigenvalue weighted by Crippen LogP contribution is -2.09. The van der Waals surface area contributed by atoms with E-state index < -0.39 is 34.6 Å². The molecule has 0 aliphatic carbocycles. The van der Waals surface area contributed by atoms with Gasteiger partial charge < -0.3 is 0 Å². The highest BCUT2D eigenvalue weighted by atomic mass is 127. The number of benzene rings is 2. The molecule has 0 unspecified atom stereocenters. The first-order valence-electron chi connectivity index (χ1n) is 5.05. The molecule has 2 aromatic rings. The third-order valence-corrected chi connectivity index (χ3v) is 3.35. The highest BCUT2D eigenvalue weighted by Gasteiger charge is 2.21. The van der Waals surface area contributed by atoms with Crippen LogP contribution in [0.5, 0.6) is 0 Å². The molecule has 0 spiro atoms. The second-order valence-corrected chi connectivity index (χ2v) is 4.84. The first-order valence-corrected chi connectivity index (χ1v) is 6.13. The minimum Gasteiger partial charge on any atom is -0.288 e. The summed E-state index contributed by atoms with van der Waals surface area (Å²) >= 11 is 1.70. The van der Waals surface area contributed by atoms with Crippen LogP contribution in [0.1, 0.15) is 15.9 Å². The molecule has 0 fully saturated rings. The first kappa shape index (κ1) is 14.0. The van der Waals surface area contributed by atoms with E-state index in [2.05, 4.69) is 0 Å². The van der Waals surface area contributed by atoms with E-state index in [0.29, 0.717) is 6.07 Å². The molecular formula is C13H5F4IO. The van der Waals surface area contributed by atoms with Gasteiger partial charge in [0.1, 0.15) is 5.82 Å². The van der Waals surface area contributed by atoms with Crippen LogP contribution in [0, 0.1) is 26.8 Å². The Balaban J connectivity index is 2.53. The Morgan fingerprint density at radius 3 is 2.16 bits per heavy atom. The standard InChI is InChI=1S/C13H5F4IO/c14-6-1-2-7(10(18)5-6)13(19)8-3-4-9(15)12(17)11(8)16/h1-5H. The van der Waals surface area contributed by atoms with Crippen LogP contribution in [-0.2, 0) is 0 Å². The Morgan fingerprint density at radius 1 is 0.895 bits per heavy atom. The minimum absolute atomic E-state index is 0.0203. The van der Waals surface area contributed by atoms with E-state index in [1.807, 2.05) is 0 Å². The van der Waals surface area contributed by atoms with Gasteiger partial charge in [-0.3, -0.25) is 4.79 Å². The fraction of sp³-hybridized carbons (Fsp3) is 0. The van der Waals surface area contributed by atoms with Crippen molar-refractivity contribution in [1.29, 1.82) is 0 Å². The van der Waals surface area contributed by atoms with Crippen molar-refractivity contribution in [2.75, 3.05) is 0 Å². The highest BCUT2D eigenvalue weighted by molar-refractivity contribution is 14.1.